The summed E-state index contributed by atoms with van der Waals surface area (Å²) in [6.45, 7) is 39.0. The Morgan fingerprint density at radius 2 is 1.11 bits per heavy atom. The second-order valence-electron chi connectivity index (χ2n) is 22.1. The van der Waals surface area contributed by atoms with Crippen LogP contribution >= 0.6 is 0 Å². The van der Waals surface area contributed by atoms with E-state index in [9.17, 15) is 0 Å². The number of methoxy groups -OCH3 is 1. The number of rotatable bonds is 5. The van der Waals surface area contributed by atoms with Gasteiger partial charge in [-0.2, -0.15) is 12.1 Å². The molecule has 0 amide bonds. The van der Waals surface area contributed by atoms with Gasteiger partial charge in [-0.25, -0.2) is 0 Å². The number of hydrogen-bond donors (Lipinski definition) is 0. The van der Waals surface area contributed by atoms with Crippen LogP contribution in [0.2, 0.25) is 13.1 Å². The Labute approximate surface area is 402 Å². The minimum absolute atomic E-state index is 0. The van der Waals surface area contributed by atoms with E-state index < -0.39 is 8.80 Å². The van der Waals surface area contributed by atoms with Crippen LogP contribution < -0.4 is 9.92 Å². The maximum atomic E-state index is 6.14. The Balaban J connectivity index is 0.000000207. The van der Waals surface area contributed by atoms with Gasteiger partial charge in [0.2, 0.25) is 0 Å². The van der Waals surface area contributed by atoms with Gasteiger partial charge < -0.3 is 4.74 Å². The van der Waals surface area contributed by atoms with Gasteiger partial charge in [-0.1, -0.05) is 188 Å². The molecule has 1 aliphatic carbocycles. The van der Waals surface area contributed by atoms with Crippen LogP contribution in [0.25, 0.3) is 54.9 Å². The third-order valence-corrected chi connectivity index (χ3v) is 15.1. The fraction of sp³-hybridized carbons (Fsp3) is 0.400. The van der Waals surface area contributed by atoms with E-state index in [0.717, 1.165) is 5.75 Å². The van der Waals surface area contributed by atoms with Crippen LogP contribution in [-0.4, -0.2) is 15.9 Å². The van der Waals surface area contributed by atoms with Gasteiger partial charge in [0.1, 0.15) is 5.75 Å². The van der Waals surface area contributed by atoms with E-state index in [0.29, 0.717) is 0 Å². The second kappa shape index (κ2) is 17.9. The molecule has 0 aliphatic heterocycles. The van der Waals surface area contributed by atoms with E-state index in [-0.39, 0.29) is 42.4 Å². The van der Waals surface area contributed by atoms with Crippen molar-refractivity contribution in [1.82, 2.24) is 0 Å². The zero-order valence-corrected chi connectivity index (χ0v) is 45.5. The summed E-state index contributed by atoms with van der Waals surface area (Å²) in [4.78, 5) is 0. The quantitative estimate of drug-likeness (QED) is 0.123. The SMILES string of the molecule is COc1c(C(C)(C)C)cc2[cH-]c(C)cc2c1-c1ccc(C(C)(C)C)cc1C(C)(C)C.Cc1ccc(-c2c3c(c(-c4ccc(C)cc4C)c4c2cc(C)[c-]4[Si](C)C)CCC3)c(C)c1.[Zr+2]. The van der Waals surface area contributed by atoms with Crippen LogP contribution in [0.1, 0.15) is 130 Å². The number of ether oxygens (including phenoxy) is 1. The van der Waals surface area contributed by atoms with Crippen LogP contribution in [0.5, 0.6) is 5.75 Å². The van der Waals surface area contributed by atoms with Crippen molar-refractivity contribution in [1.29, 1.82) is 0 Å². The molecule has 0 unspecified atom stereocenters. The molecule has 0 saturated heterocycles. The standard InChI is InChI=1S/C31H34Si.C29H39O.Zr/c1-18-11-13-23(20(3)15-18)28-25-9-8-10-26(25)29(24-14-12-19(2)16-21(24)4)30-27(28)17-22(5)31(30)32(6)7;1-18-14-19-16-24(29(8,9)10)26(30-11)25(22(19)15-18)21-13-12-20(27(2,3)4)17-23(21)28(5,6)7;/h11-17H,8-10H2,1-7H3;12-17H,1-11H3;/q2*-1;+2. The molecular weight excluding hydrogens is 856 g/mol. The molecule has 7 aromatic rings. The third kappa shape index (κ3) is 9.23. The van der Waals surface area contributed by atoms with Crippen molar-refractivity contribution in [2.24, 2.45) is 0 Å². The fourth-order valence-electron chi connectivity index (χ4n) is 10.6. The van der Waals surface area contributed by atoms with Crippen molar-refractivity contribution in [3.63, 3.8) is 0 Å². The first-order chi connectivity index (χ1) is 28.9. The Kier molecular flexibility index (Phi) is 13.8. The molecule has 1 nitrogen and oxygen atoms in total. The molecule has 0 fully saturated rings. The van der Waals surface area contributed by atoms with E-state index in [1.54, 1.807) is 27.3 Å². The zero-order chi connectivity index (χ0) is 45.4. The summed E-state index contributed by atoms with van der Waals surface area (Å²) in [6.07, 6.45) is 3.66. The van der Waals surface area contributed by atoms with E-state index in [1.807, 2.05) is 7.11 Å². The smallest absolute Gasteiger partial charge is 0.498 e. The van der Waals surface area contributed by atoms with Crippen molar-refractivity contribution in [2.45, 2.75) is 152 Å². The first-order valence-corrected chi connectivity index (χ1v) is 25.6. The van der Waals surface area contributed by atoms with E-state index in [2.05, 4.69) is 196 Å². The van der Waals surface area contributed by atoms with Crippen LogP contribution in [-0.2, 0) is 55.3 Å². The molecule has 0 aromatic heterocycles. The minimum Gasteiger partial charge on any atom is -0.498 e. The molecule has 1 aliphatic rings. The predicted octanol–water partition coefficient (Wildman–Crippen LogP) is 16.3. The number of benzene rings is 5. The zero-order valence-electron chi connectivity index (χ0n) is 42.0. The van der Waals surface area contributed by atoms with Crippen molar-refractivity contribution >= 4 is 35.5 Å². The molecule has 1 radical (unpaired) electrons. The summed E-state index contributed by atoms with van der Waals surface area (Å²) in [7, 11) is 1.21. The molecule has 0 heterocycles. The first-order valence-electron chi connectivity index (χ1n) is 23.1. The monoisotopic (exact) mass is 927 g/mol. The third-order valence-electron chi connectivity index (χ3n) is 13.5. The molecule has 0 saturated carbocycles. The largest absolute Gasteiger partial charge is 2.00 e. The maximum absolute atomic E-state index is 6.14. The van der Waals surface area contributed by atoms with Crippen molar-refractivity contribution in [3.8, 4) is 39.1 Å². The average Bonchev–Trinajstić information content (AvgIpc) is 3.89. The number of fused-ring (bicyclic) bond motifs is 3. The molecule has 0 spiro atoms. The summed E-state index contributed by atoms with van der Waals surface area (Å²) in [5.41, 5.74) is 24.1. The Morgan fingerprint density at radius 1 is 0.571 bits per heavy atom. The van der Waals surface area contributed by atoms with Gasteiger partial charge in [-0.3, -0.25) is 0 Å². The van der Waals surface area contributed by atoms with Crippen LogP contribution in [0.3, 0.4) is 0 Å². The Morgan fingerprint density at radius 3 is 1.62 bits per heavy atom. The van der Waals surface area contributed by atoms with E-state index >= 15 is 0 Å². The molecule has 0 N–H and O–H groups in total. The van der Waals surface area contributed by atoms with Gasteiger partial charge in [-0.05, 0) is 102 Å². The molecule has 327 valence electrons. The Bertz CT molecular complexity index is 2830. The van der Waals surface area contributed by atoms with Gasteiger partial charge in [0.05, 0.1) is 7.11 Å². The van der Waals surface area contributed by atoms with Gasteiger partial charge in [0.15, 0.2) is 0 Å². The molecule has 63 heavy (non-hydrogen) atoms. The molecule has 3 heteroatoms. The molecule has 0 atom stereocenters. The van der Waals surface area contributed by atoms with Crippen LogP contribution in [0.15, 0.2) is 78.9 Å². The van der Waals surface area contributed by atoms with Crippen molar-refractivity contribution < 1.29 is 30.9 Å². The topological polar surface area (TPSA) is 9.23 Å². The van der Waals surface area contributed by atoms with E-state index in [1.165, 1.54) is 113 Å². The summed E-state index contributed by atoms with van der Waals surface area (Å²) in [5.74, 6) is 1.01. The van der Waals surface area contributed by atoms with Gasteiger partial charge >= 0.3 is 26.2 Å². The van der Waals surface area contributed by atoms with Gasteiger partial charge in [0, 0.05) is 8.80 Å². The molecule has 8 rings (SSSR count). The number of aryl methyl sites for hydroxylation is 6. The van der Waals surface area contributed by atoms with Crippen LogP contribution in [0.4, 0.5) is 0 Å². The normalized spacial score (nSPS) is 13.1. The molecule has 0 bridgehead atoms. The van der Waals surface area contributed by atoms with Gasteiger partial charge in [-0.15, -0.1) is 50.0 Å². The maximum Gasteiger partial charge on any atom is 2.00 e. The fourth-order valence-corrected chi connectivity index (χ4v) is 12.2. The van der Waals surface area contributed by atoms with Crippen molar-refractivity contribution in [3.05, 3.63) is 140 Å². The molecular formula is C60H73OSiZr. The average molecular weight is 930 g/mol. The predicted molar refractivity (Wildman–Crippen MR) is 276 cm³/mol. The minimum atomic E-state index is -0.605. The first kappa shape index (κ1) is 48.7. The Hall–Kier alpha value is -3.78. The summed E-state index contributed by atoms with van der Waals surface area (Å²) in [5, 5.41) is 7.27. The summed E-state index contributed by atoms with van der Waals surface area (Å²) in [6, 6.07) is 30.6. The van der Waals surface area contributed by atoms with E-state index in [4.69, 9.17) is 4.74 Å². The second-order valence-corrected chi connectivity index (χ2v) is 24.6. The van der Waals surface area contributed by atoms with Crippen molar-refractivity contribution in [2.75, 3.05) is 7.11 Å². The number of hydrogen-bond acceptors (Lipinski definition) is 1. The molecule has 7 aromatic carbocycles. The van der Waals surface area contributed by atoms with Gasteiger partial charge in [0.25, 0.3) is 0 Å². The summed E-state index contributed by atoms with van der Waals surface area (Å²) >= 11 is 0. The summed E-state index contributed by atoms with van der Waals surface area (Å²) < 4.78 is 6.14. The van der Waals surface area contributed by atoms with Crippen LogP contribution in [0, 0.1) is 41.5 Å².